The van der Waals surface area contributed by atoms with E-state index < -0.39 is 10.0 Å². The summed E-state index contributed by atoms with van der Waals surface area (Å²) >= 11 is 1.61. The van der Waals surface area contributed by atoms with Gasteiger partial charge in [-0.3, -0.25) is 0 Å². The van der Waals surface area contributed by atoms with Crippen LogP contribution in [-0.2, 0) is 10.0 Å². The van der Waals surface area contributed by atoms with Gasteiger partial charge in [0.2, 0.25) is 10.0 Å². The molecular formula is C22H32N4O2S2. The van der Waals surface area contributed by atoms with Crippen molar-refractivity contribution in [3.05, 3.63) is 29.5 Å². The molecule has 2 fully saturated rings. The molecule has 0 spiro atoms. The Hall–Kier alpha value is -1.48. The Labute approximate surface area is 183 Å². The Morgan fingerprint density at radius 2 is 1.97 bits per heavy atom. The van der Waals surface area contributed by atoms with Crippen LogP contribution < -0.4 is 15.4 Å². The number of aromatic nitrogens is 1. The summed E-state index contributed by atoms with van der Waals surface area (Å²) in [6.07, 6.45) is 7.45. The summed E-state index contributed by atoms with van der Waals surface area (Å²) in [6.45, 7) is 6.35. The van der Waals surface area contributed by atoms with Gasteiger partial charge in [0.25, 0.3) is 0 Å². The van der Waals surface area contributed by atoms with E-state index in [1.165, 1.54) is 32.1 Å². The van der Waals surface area contributed by atoms with Crippen molar-refractivity contribution in [3.63, 3.8) is 0 Å². The van der Waals surface area contributed by atoms with E-state index in [0.29, 0.717) is 11.4 Å². The molecule has 30 heavy (non-hydrogen) atoms. The van der Waals surface area contributed by atoms with Crippen LogP contribution in [-0.4, -0.2) is 39.1 Å². The van der Waals surface area contributed by atoms with E-state index in [1.54, 1.807) is 17.4 Å². The van der Waals surface area contributed by atoms with Crippen LogP contribution in [0.4, 0.5) is 5.13 Å². The smallest absolute Gasteiger partial charge is 0.241 e. The highest BCUT2D eigenvalue weighted by Crippen LogP contribution is 2.35. The second kappa shape index (κ2) is 9.34. The first-order valence-electron chi connectivity index (χ1n) is 11.0. The van der Waals surface area contributed by atoms with Crippen LogP contribution in [0.5, 0.6) is 0 Å². The fourth-order valence-corrected chi connectivity index (χ4v) is 6.94. The van der Waals surface area contributed by atoms with Gasteiger partial charge >= 0.3 is 0 Å². The van der Waals surface area contributed by atoms with E-state index in [-0.39, 0.29) is 6.04 Å². The molecule has 0 amide bonds. The molecule has 6 nitrogen and oxygen atoms in total. The van der Waals surface area contributed by atoms with E-state index in [0.717, 1.165) is 52.3 Å². The van der Waals surface area contributed by atoms with Gasteiger partial charge in [-0.15, -0.1) is 0 Å². The SMILES string of the molecule is Cc1ccc(-c2sc(NCC3CCCCC3)nc2C)cc1S(=O)(=O)N[C@@H]1CCNC1. The number of aryl methyl sites for hydroxylation is 2. The molecule has 2 heterocycles. The highest BCUT2D eigenvalue weighted by molar-refractivity contribution is 7.89. The largest absolute Gasteiger partial charge is 0.361 e. The maximum absolute atomic E-state index is 13.0. The van der Waals surface area contributed by atoms with Crippen LogP contribution in [0.25, 0.3) is 10.4 Å². The monoisotopic (exact) mass is 448 g/mol. The Morgan fingerprint density at radius 1 is 1.17 bits per heavy atom. The zero-order valence-electron chi connectivity index (χ0n) is 17.8. The third-order valence-corrected chi connectivity index (χ3v) is 9.01. The zero-order valence-corrected chi connectivity index (χ0v) is 19.5. The minimum Gasteiger partial charge on any atom is -0.361 e. The highest BCUT2D eigenvalue weighted by atomic mass is 32.2. The standard InChI is InChI=1S/C22H32N4O2S2/c1-15-8-9-18(12-20(15)30(27,28)26-19-10-11-23-14-19)21-16(2)25-22(29-21)24-13-17-6-4-3-5-7-17/h8-9,12,17,19,23,26H,3-7,10-11,13-14H2,1-2H3,(H,24,25)/t19-/m1/s1. The molecule has 1 aliphatic heterocycles. The Morgan fingerprint density at radius 3 is 2.70 bits per heavy atom. The molecule has 1 aromatic carbocycles. The lowest BCUT2D eigenvalue weighted by molar-refractivity contribution is 0.373. The molecule has 8 heteroatoms. The molecule has 2 aromatic rings. The number of nitrogens with one attached hydrogen (secondary N) is 3. The quantitative estimate of drug-likeness (QED) is 0.595. The lowest BCUT2D eigenvalue weighted by Crippen LogP contribution is -2.36. The molecule has 1 saturated carbocycles. The van der Waals surface area contributed by atoms with Gasteiger partial charge in [-0.05, 0) is 62.8 Å². The van der Waals surface area contributed by atoms with Gasteiger partial charge in [0.1, 0.15) is 0 Å². The van der Waals surface area contributed by atoms with Gasteiger partial charge in [-0.1, -0.05) is 42.7 Å². The zero-order chi connectivity index (χ0) is 21.1. The number of nitrogens with zero attached hydrogens (tertiary/aromatic N) is 1. The number of anilines is 1. The molecule has 3 N–H and O–H groups in total. The van der Waals surface area contributed by atoms with Gasteiger partial charge < -0.3 is 10.6 Å². The molecule has 0 bridgehead atoms. The van der Waals surface area contributed by atoms with Crippen molar-refractivity contribution in [2.45, 2.75) is 63.3 Å². The lowest BCUT2D eigenvalue weighted by Gasteiger charge is -2.21. The maximum Gasteiger partial charge on any atom is 0.241 e. The molecule has 0 radical (unpaired) electrons. The van der Waals surface area contributed by atoms with Crippen LogP contribution >= 0.6 is 11.3 Å². The fraction of sp³-hybridized carbons (Fsp3) is 0.591. The average Bonchev–Trinajstić information content (AvgIpc) is 3.36. The molecule has 1 saturated heterocycles. The third kappa shape index (κ3) is 5.04. The van der Waals surface area contributed by atoms with Crippen LogP contribution in [0, 0.1) is 19.8 Å². The van der Waals surface area contributed by atoms with Crippen LogP contribution in [0.1, 0.15) is 49.8 Å². The summed E-state index contributed by atoms with van der Waals surface area (Å²) in [6, 6.07) is 5.65. The van der Waals surface area contributed by atoms with Crippen molar-refractivity contribution in [1.29, 1.82) is 0 Å². The Kier molecular flexibility index (Phi) is 6.77. The first kappa shape index (κ1) is 21.7. The summed E-state index contributed by atoms with van der Waals surface area (Å²) in [5.41, 5.74) is 2.60. The topological polar surface area (TPSA) is 83.1 Å². The predicted octanol–water partition coefficient (Wildman–Crippen LogP) is 4.06. The molecule has 164 valence electrons. The van der Waals surface area contributed by atoms with E-state index in [4.69, 9.17) is 4.98 Å². The lowest BCUT2D eigenvalue weighted by atomic mass is 9.89. The van der Waals surface area contributed by atoms with Gasteiger partial charge in [0, 0.05) is 19.1 Å². The average molecular weight is 449 g/mol. The molecule has 1 aromatic heterocycles. The summed E-state index contributed by atoms with van der Waals surface area (Å²) in [5, 5.41) is 7.65. The minimum atomic E-state index is -3.56. The second-order valence-corrected chi connectivity index (χ2v) is 11.3. The van der Waals surface area contributed by atoms with Crippen LogP contribution in [0.2, 0.25) is 0 Å². The molecule has 1 atom stereocenters. The van der Waals surface area contributed by atoms with Gasteiger partial charge in [0.05, 0.1) is 15.5 Å². The fourth-order valence-electron chi connectivity index (χ4n) is 4.43. The van der Waals surface area contributed by atoms with E-state index in [1.807, 2.05) is 26.0 Å². The molecule has 0 unspecified atom stereocenters. The molecule has 1 aliphatic carbocycles. The summed E-state index contributed by atoms with van der Waals surface area (Å²) < 4.78 is 28.8. The highest BCUT2D eigenvalue weighted by Gasteiger charge is 2.25. The van der Waals surface area contributed by atoms with Crippen molar-refractivity contribution >= 4 is 26.5 Å². The van der Waals surface area contributed by atoms with Crippen molar-refractivity contribution in [2.24, 2.45) is 5.92 Å². The third-order valence-electron chi connectivity index (χ3n) is 6.19. The number of thiazole rings is 1. The van der Waals surface area contributed by atoms with E-state index in [2.05, 4.69) is 15.4 Å². The van der Waals surface area contributed by atoms with Crippen LogP contribution in [0.15, 0.2) is 23.1 Å². The summed E-state index contributed by atoms with van der Waals surface area (Å²) in [5.74, 6) is 0.735. The number of hydrogen-bond acceptors (Lipinski definition) is 6. The van der Waals surface area contributed by atoms with E-state index >= 15 is 0 Å². The van der Waals surface area contributed by atoms with Gasteiger partial charge in [-0.25, -0.2) is 18.1 Å². The normalized spacial score (nSPS) is 20.5. The van der Waals surface area contributed by atoms with Crippen molar-refractivity contribution < 1.29 is 8.42 Å². The van der Waals surface area contributed by atoms with Gasteiger partial charge in [-0.2, -0.15) is 0 Å². The Balaban J connectivity index is 1.52. The number of rotatable bonds is 7. The Bertz CT molecular complexity index is 975. The van der Waals surface area contributed by atoms with Crippen molar-refractivity contribution in [3.8, 4) is 10.4 Å². The molecule has 4 rings (SSSR count). The first-order valence-corrected chi connectivity index (χ1v) is 13.3. The van der Waals surface area contributed by atoms with Crippen LogP contribution in [0.3, 0.4) is 0 Å². The second-order valence-electron chi connectivity index (χ2n) is 8.61. The number of hydrogen-bond donors (Lipinski definition) is 3. The first-order chi connectivity index (χ1) is 14.4. The summed E-state index contributed by atoms with van der Waals surface area (Å²) in [4.78, 5) is 6.09. The minimum absolute atomic E-state index is 0.0428. The maximum atomic E-state index is 13.0. The molecule has 2 aliphatic rings. The molecular weight excluding hydrogens is 416 g/mol. The predicted molar refractivity (Wildman–Crippen MR) is 124 cm³/mol. The van der Waals surface area contributed by atoms with Crippen molar-refractivity contribution in [1.82, 2.24) is 15.0 Å². The summed E-state index contributed by atoms with van der Waals surface area (Å²) in [7, 11) is -3.56. The number of sulfonamides is 1. The van der Waals surface area contributed by atoms with Gasteiger partial charge in [0.15, 0.2) is 5.13 Å². The van der Waals surface area contributed by atoms with E-state index in [9.17, 15) is 8.42 Å². The number of benzene rings is 1. The van der Waals surface area contributed by atoms with Crippen molar-refractivity contribution in [2.75, 3.05) is 25.0 Å².